The van der Waals surface area contributed by atoms with Crippen LogP contribution in [0.5, 0.6) is 0 Å². The van der Waals surface area contributed by atoms with Crippen molar-refractivity contribution in [2.24, 2.45) is 0 Å². The van der Waals surface area contributed by atoms with E-state index in [4.69, 9.17) is 5.26 Å². The van der Waals surface area contributed by atoms with E-state index in [1.807, 2.05) is 0 Å². The van der Waals surface area contributed by atoms with Crippen LogP contribution in [0.25, 0.3) is 0 Å². The summed E-state index contributed by atoms with van der Waals surface area (Å²) >= 11 is 0. The molecule has 0 radical (unpaired) electrons. The van der Waals surface area contributed by atoms with Crippen molar-refractivity contribution in [3.8, 4) is 6.19 Å². The van der Waals surface area contributed by atoms with Gasteiger partial charge in [0.15, 0.2) is 6.19 Å². The molecule has 22 valence electrons. The van der Waals surface area contributed by atoms with E-state index in [1.165, 1.54) is 0 Å². The largest absolute Gasteiger partial charge is 0.359 e. The van der Waals surface area contributed by atoms with Crippen LogP contribution in [0.15, 0.2) is 0 Å². The molecule has 1 N–H and O–H groups in total. The van der Waals surface area contributed by atoms with Gasteiger partial charge in [-0.3, -0.25) is 0 Å². The van der Waals surface area contributed by atoms with Gasteiger partial charge in [0.25, 0.3) is 0 Å². The molecule has 0 aromatic heterocycles. The molecule has 0 aliphatic heterocycles. The summed E-state index contributed by atoms with van der Waals surface area (Å²) in [5.41, 5.74) is 0. The predicted molar refractivity (Wildman–Crippen MR) is 18.7 cm³/mol. The second-order valence-corrected chi connectivity index (χ2v) is 0.862. The maximum atomic E-state index is 7.55. The van der Waals surface area contributed by atoms with Crippen molar-refractivity contribution in [1.82, 2.24) is 4.98 Å². The van der Waals surface area contributed by atoms with Gasteiger partial charge in [-0.25, -0.2) is 0 Å². The standard InChI is InChI=1S/CH4N2Si/c2-1-3-4/h3H,4H3. The molecule has 0 rings (SSSR count). The second-order valence-electron chi connectivity index (χ2n) is 0.362. The first kappa shape index (κ1) is 3.51. The highest BCUT2D eigenvalue weighted by Gasteiger charge is 1.40. The lowest BCUT2D eigenvalue weighted by Crippen LogP contribution is -1.93. The first-order chi connectivity index (χ1) is 1.91. The molecule has 0 spiro atoms. The fraction of sp³-hybridized carbons (Fsp3) is 0. The number of hydrogen-bond donors (Lipinski definition) is 1. The van der Waals surface area contributed by atoms with Crippen LogP contribution in [-0.4, -0.2) is 10.4 Å². The van der Waals surface area contributed by atoms with Gasteiger partial charge in [-0.2, -0.15) is 5.26 Å². The molecule has 0 aliphatic rings. The van der Waals surface area contributed by atoms with E-state index in [0.29, 0.717) is 0 Å². The summed E-state index contributed by atoms with van der Waals surface area (Å²) in [5.74, 6) is 0. The Morgan fingerprint density at radius 1 is 2.00 bits per heavy atom. The van der Waals surface area contributed by atoms with Crippen molar-refractivity contribution >= 4 is 10.4 Å². The molecule has 0 bridgehead atoms. The molecule has 0 aromatic rings. The van der Waals surface area contributed by atoms with Crippen molar-refractivity contribution < 1.29 is 0 Å². The lowest BCUT2D eigenvalue weighted by atomic mass is 11.5. The molecule has 0 aromatic carbocycles. The van der Waals surface area contributed by atoms with Crippen LogP contribution in [0.4, 0.5) is 0 Å². The Bertz CT molecular complexity index is 35.8. The van der Waals surface area contributed by atoms with Gasteiger partial charge in [-0.15, -0.1) is 0 Å². The van der Waals surface area contributed by atoms with E-state index >= 15 is 0 Å². The van der Waals surface area contributed by atoms with Gasteiger partial charge >= 0.3 is 0 Å². The first-order valence-corrected chi connectivity index (χ1v) is 1.97. The zero-order valence-corrected chi connectivity index (χ0v) is 4.45. The van der Waals surface area contributed by atoms with Crippen molar-refractivity contribution in [2.75, 3.05) is 0 Å². The smallest absolute Gasteiger partial charge is 0.167 e. The summed E-state index contributed by atoms with van der Waals surface area (Å²) in [4.78, 5) is 2.38. The van der Waals surface area contributed by atoms with E-state index in [2.05, 4.69) is 4.98 Å². The van der Waals surface area contributed by atoms with E-state index in [1.54, 1.807) is 6.19 Å². The maximum absolute atomic E-state index is 7.55. The Morgan fingerprint density at radius 2 is 2.25 bits per heavy atom. The molecule has 2 nitrogen and oxygen atoms in total. The number of nitriles is 1. The lowest BCUT2D eigenvalue weighted by molar-refractivity contribution is 1.35. The third kappa shape index (κ3) is 1.51. The van der Waals surface area contributed by atoms with Gasteiger partial charge in [0.2, 0.25) is 0 Å². The molecular weight excluding hydrogens is 68.1 g/mol. The minimum Gasteiger partial charge on any atom is -0.359 e. The van der Waals surface area contributed by atoms with Crippen LogP contribution in [-0.2, 0) is 0 Å². The zero-order chi connectivity index (χ0) is 3.41. The Labute approximate surface area is 27.9 Å². The predicted octanol–water partition coefficient (Wildman–Crippen LogP) is -1.66. The molecule has 0 aliphatic carbocycles. The summed E-state index contributed by atoms with van der Waals surface area (Å²) in [6.07, 6.45) is 1.74. The molecule has 4 heavy (non-hydrogen) atoms. The highest BCUT2D eigenvalue weighted by atomic mass is 28.2. The van der Waals surface area contributed by atoms with Gasteiger partial charge in [0.05, 0.1) is 0 Å². The number of rotatable bonds is 0. The van der Waals surface area contributed by atoms with E-state index < -0.39 is 0 Å². The van der Waals surface area contributed by atoms with Crippen LogP contribution in [0.2, 0.25) is 0 Å². The minimum atomic E-state index is 0.779. The summed E-state index contributed by atoms with van der Waals surface area (Å²) in [7, 11) is 0.779. The third-order valence-electron chi connectivity index (χ3n) is 0.112. The van der Waals surface area contributed by atoms with E-state index in [0.717, 1.165) is 10.4 Å². The molecule has 0 saturated carbocycles. The van der Waals surface area contributed by atoms with Gasteiger partial charge < -0.3 is 4.98 Å². The fourth-order valence-corrected chi connectivity index (χ4v) is 0. The molecular formula is CH4N2Si. The number of nitrogens with zero attached hydrogens (tertiary/aromatic N) is 1. The monoisotopic (exact) mass is 72.0 g/mol. The van der Waals surface area contributed by atoms with Crippen molar-refractivity contribution in [2.45, 2.75) is 0 Å². The Hall–Kier alpha value is -0.493. The highest BCUT2D eigenvalue weighted by Crippen LogP contribution is 1.14. The molecule has 0 saturated heterocycles. The summed E-state index contributed by atoms with van der Waals surface area (Å²) < 4.78 is 0. The first-order valence-electron chi connectivity index (χ1n) is 0.974. The summed E-state index contributed by atoms with van der Waals surface area (Å²) in [5, 5.41) is 7.55. The van der Waals surface area contributed by atoms with Gasteiger partial charge in [-0.05, 0) is 0 Å². The summed E-state index contributed by atoms with van der Waals surface area (Å²) in [6, 6.07) is 0. The van der Waals surface area contributed by atoms with Crippen LogP contribution in [0, 0.1) is 11.5 Å². The van der Waals surface area contributed by atoms with Crippen LogP contribution >= 0.6 is 0 Å². The van der Waals surface area contributed by atoms with E-state index in [9.17, 15) is 0 Å². The SMILES string of the molecule is N#CN[SiH3]. The fourth-order valence-electron chi connectivity index (χ4n) is 0. The van der Waals surface area contributed by atoms with Crippen molar-refractivity contribution in [1.29, 1.82) is 5.26 Å². The highest BCUT2D eigenvalue weighted by molar-refractivity contribution is 6.05. The average molecular weight is 72.1 g/mol. The average Bonchev–Trinajstić information content (AvgIpc) is 1.37. The van der Waals surface area contributed by atoms with Gasteiger partial charge in [0.1, 0.15) is 10.4 Å². The summed E-state index contributed by atoms with van der Waals surface area (Å²) in [6.45, 7) is 0. The Balaban J connectivity index is 2.43. The van der Waals surface area contributed by atoms with Crippen LogP contribution < -0.4 is 4.98 Å². The molecule has 0 amide bonds. The molecule has 0 heterocycles. The quantitative estimate of drug-likeness (QED) is 0.211. The second kappa shape index (κ2) is 2.51. The zero-order valence-electron chi connectivity index (χ0n) is 2.45. The number of hydrogen-bond acceptors (Lipinski definition) is 2. The Kier molecular flexibility index (Phi) is 2.20. The minimum absolute atomic E-state index is 0.779. The van der Waals surface area contributed by atoms with E-state index in [-0.39, 0.29) is 0 Å². The number of nitrogens with one attached hydrogen (secondary N) is 1. The van der Waals surface area contributed by atoms with Crippen LogP contribution in [0.1, 0.15) is 0 Å². The van der Waals surface area contributed by atoms with Gasteiger partial charge in [-0.1, -0.05) is 0 Å². The van der Waals surface area contributed by atoms with Crippen molar-refractivity contribution in [3.63, 3.8) is 0 Å². The van der Waals surface area contributed by atoms with Gasteiger partial charge in [0, 0.05) is 0 Å². The normalized spacial score (nSPS) is 4.75. The molecule has 0 fully saturated rings. The molecule has 3 heteroatoms. The lowest BCUT2D eigenvalue weighted by Gasteiger charge is -1.60. The molecule has 0 unspecified atom stereocenters. The van der Waals surface area contributed by atoms with Crippen LogP contribution in [0.3, 0.4) is 0 Å². The molecule has 0 atom stereocenters. The maximum Gasteiger partial charge on any atom is 0.167 e. The topological polar surface area (TPSA) is 35.8 Å². The van der Waals surface area contributed by atoms with Crippen molar-refractivity contribution in [3.05, 3.63) is 0 Å². The Morgan fingerprint density at radius 3 is 2.25 bits per heavy atom. The third-order valence-corrected chi connectivity index (χ3v) is 0.335.